The zero-order valence-electron chi connectivity index (χ0n) is 13.5. The van der Waals surface area contributed by atoms with E-state index in [1.54, 1.807) is 22.8 Å². The molecule has 0 unspecified atom stereocenters. The van der Waals surface area contributed by atoms with Crippen LogP contribution in [0.4, 0.5) is 0 Å². The summed E-state index contributed by atoms with van der Waals surface area (Å²) < 4.78 is 7.28. The van der Waals surface area contributed by atoms with Crippen molar-refractivity contribution in [3.63, 3.8) is 0 Å². The van der Waals surface area contributed by atoms with Crippen molar-refractivity contribution in [1.29, 1.82) is 0 Å². The number of carbonyl (C=O) groups is 1. The van der Waals surface area contributed by atoms with Crippen LogP contribution in [-0.4, -0.2) is 27.6 Å². The van der Waals surface area contributed by atoms with E-state index in [9.17, 15) is 4.79 Å². The van der Waals surface area contributed by atoms with Gasteiger partial charge in [0.2, 0.25) is 0 Å². The van der Waals surface area contributed by atoms with Gasteiger partial charge in [0.15, 0.2) is 0 Å². The number of aryl methyl sites for hydroxylation is 1. The lowest BCUT2D eigenvalue weighted by atomic mass is 10.3. The second kappa shape index (κ2) is 6.77. The predicted octanol–water partition coefficient (Wildman–Crippen LogP) is 3.42. The summed E-state index contributed by atoms with van der Waals surface area (Å²) in [5.41, 5.74) is 0.944. The lowest BCUT2D eigenvalue weighted by molar-refractivity contribution is 0.0790. The van der Waals surface area contributed by atoms with Crippen molar-refractivity contribution in [2.24, 2.45) is 0 Å². The molecule has 24 heavy (non-hydrogen) atoms. The lowest BCUT2D eigenvalue weighted by Gasteiger charge is -2.14. The van der Waals surface area contributed by atoms with Crippen LogP contribution in [0.2, 0.25) is 0 Å². The van der Waals surface area contributed by atoms with Crippen molar-refractivity contribution >= 4 is 17.2 Å². The molecule has 0 aliphatic heterocycles. The van der Waals surface area contributed by atoms with Crippen molar-refractivity contribution in [2.45, 2.75) is 20.0 Å². The molecule has 0 aliphatic carbocycles. The number of hydrogen-bond acceptors (Lipinski definition) is 4. The molecule has 0 fully saturated rings. The predicted molar refractivity (Wildman–Crippen MR) is 93.6 cm³/mol. The number of nitrogens with zero attached hydrogens (tertiary/aromatic N) is 3. The Bertz CT molecular complexity index is 897. The highest BCUT2D eigenvalue weighted by Crippen LogP contribution is 2.30. The van der Waals surface area contributed by atoms with Crippen LogP contribution in [0.25, 0.3) is 10.6 Å². The van der Waals surface area contributed by atoms with Gasteiger partial charge < -0.3 is 9.32 Å². The summed E-state index contributed by atoms with van der Waals surface area (Å²) in [6.45, 7) is 2.81. The summed E-state index contributed by atoms with van der Waals surface area (Å²) in [5, 5.41) is 4.16. The molecule has 0 atom stereocenters. The third kappa shape index (κ3) is 3.42. The largest absolute Gasteiger partial charge is 0.461 e. The lowest BCUT2D eigenvalue weighted by Crippen LogP contribution is -2.25. The van der Waals surface area contributed by atoms with E-state index in [4.69, 9.17) is 10.8 Å². The molecule has 0 saturated heterocycles. The molecule has 0 spiro atoms. The molecule has 3 heterocycles. The van der Waals surface area contributed by atoms with Gasteiger partial charge in [0, 0.05) is 25.4 Å². The fourth-order valence-corrected chi connectivity index (χ4v) is 3.32. The fraction of sp³-hybridized carbons (Fsp3) is 0.222. The van der Waals surface area contributed by atoms with E-state index >= 15 is 0 Å². The Morgan fingerprint density at radius 1 is 1.42 bits per heavy atom. The Morgan fingerprint density at radius 2 is 2.25 bits per heavy atom. The molecular weight excluding hydrogens is 322 g/mol. The van der Waals surface area contributed by atoms with Crippen LogP contribution < -0.4 is 0 Å². The Morgan fingerprint density at radius 3 is 2.96 bits per heavy atom. The van der Waals surface area contributed by atoms with Crippen LogP contribution in [-0.2, 0) is 13.1 Å². The summed E-state index contributed by atoms with van der Waals surface area (Å²) in [5.74, 6) is 4.14. The van der Waals surface area contributed by atoms with E-state index in [2.05, 4.69) is 11.0 Å². The average molecular weight is 339 g/mol. The molecule has 3 aromatic rings. The van der Waals surface area contributed by atoms with Crippen LogP contribution in [0, 0.1) is 19.3 Å². The quantitative estimate of drug-likeness (QED) is 0.669. The molecule has 5 nitrogen and oxygen atoms in total. The van der Waals surface area contributed by atoms with E-state index in [0.29, 0.717) is 18.0 Å². The second-order valence-electron chi connectivity index (χ2n) is 5.49. The molecular formula is C18H17N3O2S. The SMILES string of the molecule is C#CCn1cc(CN(C)C(=O)c2ccc(-c3ccc(C)o3)s2)cn1. The standard InChI is InChI=1S/C18H17N3O2S/c1-4-9-21-12-14(10-19-21)11-20(3)18(22)17-8-7-16(24-17)15-6-5-13(2)23-15/h1,5-8,10,12H,9,11H2,2-3H3. The number of amides is 1. The minimum Gasteiger partial charge on any atom is -0.461 e. The number of carbonyl (C=O) groups excluding carboxylic acids is 1. The highest BCUT2D eigenvalue weighted by Gasteiger charge is 2.16. The number of rotatable bonds is 5. The van der Waals surface area contributed by atoms with E-state index < -0.39 is 0 Å². The van der Waals surface area contributed by atoms with E-state index in [-0.39, 0.29) is 5.91 Å². The zero-order chi connectivity index (χ0) is 17.1. The third-order valence-corrected chi connectivity index (χ3v) is 4.59. The Kier molecular flexibility index (Phi) is 4.54. The first-order valence-electron chi connectivity index (χ1n) is 7.43. The van der Waals surface area contributed by atoms with Crippen molar-refractivity contribution in [2.75, 3.05) is 7.05 Å². The van der Waals surface area contributed by atoms with Crippen molar-refractivity contribution in [3.8, 4) is 23.0 Å². The molecule has 3 aromatic heterocycles. The molecule has 1 amide bonds. The monoisotopic (exact) mass is 339 g/mol. The minimum atomic E-state index is -0.0285. The van der Waals surface area contributed by atoms with Gasteiger partial charge in [-0.05, 0) is 31.2 Å². The summed E-state index contributed by atoms with van der Waals surface area (Å²) in [6.07, 6.45) is 8.85. The van der Waals surface area contributed by atoms with Crippen molar-refractivity contribution in [1.82, 2.24) is 14.7 Å². The van der Waals surface area contributed by atoms with Gasteiger partial charge in [0.05, 0.1) is 16.0 Å². The Balaban J connectivity index is 1.69. The van der Waals surface area contributed by atoms with Gasteiger partial charge in [-0.25, -0.2) is 0 Å². The van der Waals surface area contributed by atoms with Gasteiger partial charge in [-0.1, -0.05) is 5.92 Å². The molecule has 0 aromatic carbocycles. The zero-order valence-corrected chi connectivity index (χ0v) is 14.3. The summed E-state index contributed by atoms with van der Waals surface area (Å²) in [4.78, 5) is 15.9. The second-order valence-corrected chi connectivity index (χ2v) is 6.57. The van der Waals surface area contributed by atoms with Gasteiger partial charge in [0.25, 0.3) is 5.91 Å². The normalized spacial score (nSPS) is 10.5. The molecule has 3 rings (SSSR count). The summed E-state index contributed by atoms with van der Waals surface area (Å²) in [6, 6.07) is 7.57. The van der Waals surface area contributed by atoms with Crippen LogP contribution in [0.5, 0.6) is 0 Å². The third-order valence-electron chi connectivity index (χ3n) is 3.51. The Labute approximate surface area is 144 Å². The molecule has 6 heteroatoms. The van der Waals surface area contributed by atoms with Crippen LogP contribution in [0.3, 0.4) is 0 Å². The first kappa shape index (κ1) is 16.1. The van der Waals surface area contributed by atoms with Crippen LogP contribution in [0.1, 0.15) is 21.0 Å². The van der Waals surface area contributed by atoms with Gasteiger partial charge in [-0.3, -0.25) is 9.48 Å². The number of aromatic nitrogens is 2. The van der Waals surface area contributed by atoms with Crippen molar-refractivity contribution in [3.05, 3.63) is 52.9 Å². The molecule has 122 valence electrons. The first-order valence-corrected chi connectivity index (χ1v) is 8.25. The van der Waals surface area contributed by atoms with E-state index in [1.807, 2.05) is 37.4 Å². The summed E-state index contributed by atoms with van der Waals surface area (Å²) >= 11 is 1.43. The van der Waals surface area contributed by atoms with Crippen molar-refractivity contribution < 1.29 is 9.21 Å². The first-order chi connectivity index (χ1) is 11.6. The molecule has 0 N–H and O–H groups in total. The van der Waals surface area contributed by atoms with E-state index in [1.165, 1.54) is 11.3 Å². The topological polar surface area (TPSA) is 51.3 Å². The smallest absolute Gasteiger partial charge is 0.263 e. The maximum absolute atomic E-state index is 12.6. The van der Waals surface area contributed by atoms with Crippen LogP contribution in [0.15, 0.2) is 41.1 Å². The maximum Gasteiger partial charge on any atom is 0.263 e. The Hall–Kier alpha value is -2.78. The van der Waals surface area contributed by atoms with E-state index in [0.717, 1.165) is 22.0 Å². The number of thiophene rings is 1. The molecule has 0 saturated carbocycles. The number of hydrogen-bond donors (Lipinski definition) is 0. The highest BCUT2D eigenvalue weighted by molar-refractivity contribution is 7.17. The summed E-state index contributed by atoms with van der Waals surface area (Å²) in [7, 11) is 1.78. The molecule has 0 radical (unpaired) electrons. The highest BCUT2D eigenvalue weighted by atomic mass is 32.1. The number of furan rings is 1. The average Bonchev–Trinajstić information content (AvgIpc) is 3.27. The minimum absolute atomic E-state index is 0.0285. The number of terminal acetylenes is 1. The van der Waals surface area contributed by atoms with Gasteiger partial charge in [-0.15, -0.1) is 17.8 Å². The maximum atomic E-state index is 12.6. The van der Waals surface area contributed by atoms with Gasteiger partial charge >= 0.3 is 0 Å². The molecule has 0 bridgehead atoms. The van der Waals surface area contributed by atoms with Crippen LogP contribution >= 0.6 is 11.3 Å². The fourth-order valence-electron chi connectivity index (χ4n) is 2.35. The molecule has 0 aliphatic rings. The van der Waals surface area contributed by atoms with Gasteiger partial charge in [-0.2, -0.15) is 5.10 Å². The van der Waals surface area contributed by atoms with Gasteiger partial charge in [0.1, 0.15) is 18.1 Å².